The largest absolute Gasteiger partial charge is 0.493 e. The molecule has 7 nitrogen and oxygen atoms in total. The summed E-state index contributed by atoms with van der Waals surface area (Å²) < 4.78 is 20.7. The molecule has 0 saturated carbocycles. The molecule has 0 aliphatic rings. The topological polar surface area (TPSA) is 72.5 Å². The van der Waals surface area contributed by atoms with Crippen LogP contribution in [0.15, 0.2) is 12.1 Å². The van der Waals surface area contributed by atoms with Crippen LogP contribution in [0.4, 0.5) is 0 Å². The maximum atomic E-state index is 12.0. The van der Waals surface area contributed by atoms with E-state index in [2.05, 4.69) is 4.89 Å². The second kappa shape index (κ2) is 9.86. The zero-order valence-corrected chi connectivity index (χ0v) is 13.2. The SMILES string of the molecule is CCCOC[CH]OOC(=O)c1ccc(OC)c(OC)c1OC. The minimum Gasteiger partial charge on any atom is -0.493 e. The second-order valence-electron chi connectivity index (χ2n) is 4.09. The molecule has 0 fully saturated rings. The Morgan fingerprint density at radius 3 is 2.41 bits per heavy atom. The first kappa shape index (κ1) is 18.1. The normalized spacial score (nSPS) is 10.2. The van der Waals surface area contributed by atoms with Crippen LogP contribution in [0.1, 0.15) is 23.7 Å². The van der Waals surface area contributed by atoms with Gasteiger partial charge in [-0.2, -0.15) is 4.89 Å². The number of hydrogen-bond acceptors (Lipinski definition) is 7. The molecule has 1 rings (SSSR count). The van der Waals surface area contributed by atoms with Crippen LogP contribution in [-0.4, -0.2) is 40.5 Å². The Kier molecular flexibility index (Phi) is 8.09. The lowest BCUT2D eigenvalue weighted by Crippen LogP contribution is -2.10. The minimum absolute atomic E-state index is 0.156. The summed E-state index contributed by atoms with van der Waals surface area (Å²) in [6.45, 7) is 4.08. The van der Waals surface area contributed by atoms with Crippen molar-refractivity contribution in [2.45, 2.75) is 13.3 Å². The molecular formula is C15H21O7. The molecule has 22 heavy (non-hydrogen) atoms. The summed E-state index contributed by atoms with van der Waals surface area (Å²) >= 11 is 0. The first-order valence-electron chi connectivity index (χ1n) is 6.75. The third-order valence-electron chi connectivity index (χ3n) is 2.65. The standard InChI is InChI=1S/C15H21O7/c1-5-8-20-9-10-21-22-15(16)11-6-7-12(17-2)14(19-4)13(11)18-3/h6-7,10H,5,8-9H2,1-4H3. The van der Waals surface area contributed by atoms with Crippen LogP contribution in [0, 0.1) is 6.61 Å². The molecule has 0 aromatic heterocycles. The number of benzene rings is 1. The van der Waals surface area contributed by atoms with Crippen molar-refractivity contribution in [3.63, 3.8) is 0 Å². The van der Waals surface area contributed by atoms with Crippen molar-refractivity contribution in [1.82, 2.24) is 0 Å². The fourth-order valence-corrected chi connectivity index (χ4v) is 1.69. The van der Waals surface area contributed by atoms with Gasteiger partial charge in [0.15, 0.2) is 18.1 Å². The third-order valence-corrected chi connectivity index (χ3v) is 2.65. The number of carbonyl (C=O) groups is 1. The van der Waals surface area contributed by atoms with Gasteiger partial charge in [0.05, 0.1) is 27.9 Å². The lowest BCUT2D eigenvalue weighted by molar-refractivity contribution is -0.218. The molecule has 0 amide bonds. The van der Waals surface area contributed by atoms with Crippen LogP contribution >= 0.6 is 0 Å². The van der Waals surface area contributed by atoms with E-state index in [1.807, 2.05) is 6.92 Å². The van der Waals surface area contributed by atoms with E-state index in [4.69, 9.17) is 23.8 Å². The Bertz CT molecular complexity index is 473. The predicted molar refractivity (Wildman–Crippen MR) is 78.0 cm³/mol. The Morgan fingerprint density at radius 1 is 1.09 bits per heavy atom. The molecule has 0 spiro atoms. The molecule has 0 bridgehead atoms. The Labute approximate surface area is 129 Å². The molecule has 1 aromatic rings. The van der Waals surface area contributed by atoms with Gasteiger partial charge in [0.25, 0.3) is 0 Å². The number of methoxy groups -OCH3 is 3. The number of carbonyl (C=O) groups excluding carboxylic acids is 1. The van der Waals surface area contributed by atoms with Crippen LogP contribution in [0.2, 0.25) is 0 Å². The van der Waals surface area contributed by atoms with Crippen molar-refractivity contribution in [3.05, 3.63) is 24.3 Å². The van der Waals surface area contributed by atoms with E-state index in [1.54, 1.807) is 6.07 Å². The van der Waals surface area contributed by atoms with Gasteiger partial charge in [0, 0.05) is 6.61 Å². The summed E-state index contributed by atoms with van der Waals surface area (Å²) in [7, 11) is 4.36. The smallest absolute Gasteiger partial charge is 0.376 e. The lowest BCUT2D eigenvalue weighted by Gasteiger charge is -2.14. The molecule has 7 heteroatoms. The van der Waals surface area contributed by atoms with Crippen molar-refractivity contribution in [2.75, 3.05) is 34.5 Å². The van der Waals surface area contributed by atoms with Gasteiger partial charge < -0.3 is 18.9 Å². The molecule has 0 aliphatic carbocycles. The zero-order valence-electron chi connectivity index (χ0n) is 13.2. The van der Waals surface area contributed by atoms with E-state index in [9.17, 15) is 4.79 Å². The van der Waals surface area contributed by atoms with Crippen LogP contribution in [0.5, 0.6) is 17.2 Å². The van der Waals surface area contributed by atoms with E-state index in [-0.39, 0.29) is 17.9 Å². The third kappa shape index (κ3) is 4.78. The number of rotatable bonds is 10. The first-order chi connectivity index (χ1) is 10.7. The second-order valence-corrected chi connectivity index (χ2v) is 4.09. The van der Waals surface area contributed by atoms with E-state index in [1.165, 1.54) is 34.0 Å². The quantitative estimate of drug-likeness (QED) is 0.373. The summed E-state index contributed by atoms with van der Waals surface area (Å²) in [6.07, 6.45) is 0.899. The van der Waals surface area contributed by atoms with Crippen LogP contribution < -0.4 is 14.2 Å². The Balaban J connectivity index is 2.69. The molecule has 123 valence electrons. The summed E-state index contributed by atoms with van der Waals surface area (Å²) in [5.41, 5.74) is 0.156. The van der Waals surface area contributed by atoms with Gasteiger partial charge in [-0.15, -0.1) is 0 Å². The van der Waals surface area contributed by atoms with E-state index in [0.717, 1.165) is 6.42 Å². The highest BCUT2D eigenvalue weighted by Crippen LogP contribution is 2.39. The van der Waals surface area contributed by atoms with Crippen molar-refractivity contribution >= 4 is 5.97 Å². The summed E-state index contributed by atoms with van der Waals surface area (Å²) in [4.78, 5) is 21.4. The highest BCUT2D eigenvalue weighted by molar-refractivity contribution is 5.93. The predicted octanol–water partition coefficient (Wildman–Crippen LogP) is 2.39. The van der Waals surface area contributed by atoms with Crippen molar-refractivity contribution in [3.8, 4) is 17.2 Å². The van der Waals surface area contributed by atoms with E-state index < -0.39 is 5.97 Å². The molecule has 1 radical (unpaired) electrons. The average molecular weight is 313 g/mol. The highest BCUT2D eigenvalue weighted by atomic mass is 17.2. The molecule has 1 aromatic carbocycles. The highest BCUT2D eigenvalue weighted by Gasteiger charge is 2.22. The molecule has 0 unspecified atom stereocenters. The zero-order chi connectivity index (χ0) is 16.4. The molecule has 0 aliphatic heterocycles. The monoisotopic (exact) mass is 313 g/mol. The van der Waals surface area contributed by atoms with Gasteiger partial charge >= 0.3 is 5.97 Å². The minimum atomic E-state index is -0.718. The molecule has 0 atom stereocenters. The van der Waals surface area contributed by atoms with Gasteiger partial charge in [0.1, 0.15) is 5.56 Å². The molecule has 0 N–H and O–H groups in total. The van der Waals surface area contributed by atoms with Crippen LogP contribution in [0.25, 0.3) is 0 Å². The first-order valence-corrected chi connectivity index (χ1v) is 6.75. The van der Waals surface area contributed by atoms with Gasteiger partial charge in [0.2, 0.25) is 5.75 Å². The number of hydrogen-bond donors (Lipinski definition) is 0. The van der Waals surface area contributed by atoms with Gasteiger partial charge in [-0.05, 0) is 18.6 Å². The van der Waals surface area contributed by atoms with E-state index >= 15 is 0 Å². The van der Waals surface area contributed by atoms with Crippen molar-refractivity contribution in [2.24, 2.45) is 0 Å². The van der Waals surface area contributed by atoms with Crippen LogP contribution in [-0.2, 0) is 14.5 Å². The molecule has 0 saturated heterocycles. The fraction of sp³-hybridized carbons (Fsp3) is 0.467. The average Bonchev–Trinajstić information content (AvgIpc) is 2.56. The van der Waals surface area contributed by atoms with Crippen LogP contribution in [0.3, 0.4) is 0 Å². The van der Waals surface area contributed by atoms with E-state index in [0.29, 0.717) is 18.1 Å². The van der Waals surface area contributed by atoms with Gasteiger partial charge in [-0.1, -0.05) is 6.92 Å². The van der Waals surface area contributed by atoms with Gasteiger partial charge in [-0.3, -0.25) is 4.89 Å². The summed E-state index contributed by atoms with van der Waals surface area (Å²) in [6, 6.07) is 3.07. The number of ether oxygens (including phenoxy) is 4. The molecular weight excluding hydrogens is 292 g/mol. The Morgan fingerprint density at radius 2 is 1.82 bits per heavy atom. The Hall–Kier alpha value is -1.99. The maximum Gasteiger partial charge on any atom is 0.376 e. The fourth-order valence-electron chi connectivity index (χ4n) is 1.69. The molecule has 0 heterocycles. The maximum absolute atomic E-state index is 12.0. The van der Waals surface area contributed by atoms with Gasteiger partial charge in [-0.25, -0.2) is 4.79 Å². The van der Waals surface area contributed by atoms with Crippen molar-refractivity contribution < 1.29 is 33.5 Å². The van der Waals surface area contributed by atoms with Crippen molar-refractivity contribution in [1.29, 1.82) is 0 Å². The summed E-state index contributed by atoms with van der Waals surface area (Å²) in [5.74, 6) is 0.230. The lowest BCUT2D eigenvalue weighted by atomic mass is 10.1. The summed E-state index contributed by atoms with van der Waals surface area (Å²) in [5, 5.41) is 0.